The van der Waals surface area contributed by atoms with E-state index >= 15 is 0 Å². The van der Waals surface area contributed by atoms with Crippen LogP contribution in [0.3, 0.4) is 0 Å². The van der Waals surface area contributed by atoms with E-state index < -0.39 is 10.0 Å². The molecular formula is C18H21NO3S. The van der Waals surface area contributed by atoms with Crippen molar-refractivity contribution in [3.63, 3.8) is 0 Å². The van der Waals surface area contributed by atoms with E-state index in [9.17, 15) is 8.42 Å². The van der Waals surface area contributed by atoms with Gasteiger partial charge in [-0.15, -0.1) is 0 Å². The highest BCUT2D eigenvalue weighted by molar-refractivity contribution is 7.89. The Labute approximate surface area is 137 Å². The first-order valence-electron chi connectivity index (χ1n) is 7.76. The highest BCUT2D eigenvalue weighted by Gasteiger charge is 2.27. The third-order valence-electron chi connectivity index (χ3n) is 4.28. The second-order valence-corrected chi connectivity index (χ2v) is 7.60. The lowest BCUT2D eigenvalue weighted by Gasteiger charge is -2.26. The molecule has 0 saturated heterocycles. The highest BCUT2D eigenvalue weighted by atomic mass is 32.2. The molecule has 0 aromatic heterocycles. The fraction of sp³-hybridized carbons (Fsp3) is 0.333. The maximum absolute atomic E-state index is 12.9. The zero-order valence-corrected chi connectivity index (χ0v) is 14.2. The fourth-order valence-corrected chi connectivity index (χ4v) is 4.62. The van der Waals surface area contributed by atoms with Crippen LogP contribution in [0.5, 0.6) is 5.75 Å². The van der Waals surface area contributed by atoms with Crippen molar-refractivity contribution in [2.75, 3.05) is 7.11 Å². The lowest BCUT2D eigenvalue weighted by molar-refractivity contribution is 0.401. The smallest absolute Gasteiger partial charge is 0.244 e. The molecule has 5 heteroatoms. The van der Waals surface area contributed by atoms with Crippen molar-refractivity contribution >= 4 is 10.0 Å². The molecule has 1 aliphatic carbocycles. The Hall–Kier alpha value is -1.85. The standard InChI is InChI=1S/C18H21NO3S/c1-13-10-11-17(22-2)18(12-13)23(20,21)19-16-9-5-7-14-6-3-4-8-15(14)16/h3-4,6,8,10-12,16,19H,5,7,9H2,1-2H3. The third kappa shape index (κ3) is 3.26. The van der Waals surface area contributed by atoms with Crippen molar-refractivity contribution < 1.29 is 13.2 Å². The van der Waals surface area contributed by atoms with Crippen LogP contribution < -0.4 is 9.46 Å². The van der Waals surface area contributed by atoms with Gasteiger partial charge >= 0.3 is 0 Å². The minimum atomic E-state index is -3.64. The van der Waals surface area contributed by atoms with Crippen LogP contribution in [0.1, 0.15) is 35.6 Å². The largest absolute Gasteiger partial charge is 0.495 e. The Morgan fingerprint density at radius 2 is 1.96 bits per heavy atom. The minimum Gasteiger partial charge on any atom is -0.495 e. The van der Waals surface area contributed by atoms with E-state index in [2.05, 4.69) is 10.8 Å². The Kier molecular flexibility index (Phi) is 4.41. The summed E-state index contributed by atoms with van der Waals surface area (Å²) in [5.74, 6) is 0.368. The van der Waals surface area contributed by atoms with Gasteiger partial charge < -0.3 is 4.74 Å². The molecule has 1 atom stereocenters. The summed E-state index contributed by atoms with van der Waals surface area (Å²) in [6, 6.07) is 13.0. The van der Waals surface area contributed by atoms with Gasteiger partial charge in [0.2, 0.25) is 10.0 Å². The lowest BCUT2D eigenvalue weighted by Crippen LogP contribution is -2.31. The summed E-state index contributed by atoms with van der Waals surface area (Å²) < 4.78 is 33.8. The molecule has 0 radical (unpaired) electrons. The number of ether oxygens (including phenoxy) is 1. The molecule has 122 valence electrons. The minimum absolute atomic E-state index is 0.185. The Morgan fingerprint density at radius 1 is 1.17 bits per heavy atom. The molecule has 0 fully saturated rings. The quantitative estimate of drug-likeness (QED) is 0.934. The van der Waals surface area contributed by atoms with Crippen molar-refractivity contribution in [3.05, 3.63) is 59.2 Å². The molecule has 2 aromatic carbocycles. The van der Waals surface area contributed by atoms with Crippen LogP contribution in [-0.4, -0.2) is 15.5 Å². The molecule has 4 nitrogen and oxygen atoms in total. The van der Waals surface area contributed by atoms with Gasteiger partial charge in [-0.3, -0.25) is 0 Å². The SMILES string of the molecule is COc1ccc(C)cc1S(=O)(=O)NC1CCCc2ccccc21. The number of methoxy groups -OCH3 is 1. The van der Waals surface area contributed by atoms with Crippen molar-refractivity contribution in [2.24, 2.45) is 0 Å². The summed E-state index contributed by atoms with van der Waals surface area (Å²) in [7, 11) is -2.16. The van der Waals surface area contributed by atoms with Gasteiger partial charge in [0.15, 0.2) is 0 Å². The average Bonchev–Trinajstić information content (AvgIpc) is 2.55. The van der Waals surface area contributed by atoms with Crippen LogP contribution in [0.25, 0.3) is 0 Å². The lowest BCUT2D eigenvalue weighted by atomic mass is 9.88. The summed E-state index contributed by atoms with van der Waals surface area (Å²) >= 11 is 0. The zero-order valence-electron chi connectivity index (χ0n) is 13.4. The normalized spacial score (nSPS) is 17.6. The Bertz CT molecular complexity index is 815. The first-order chi connectivity index (χ1) is 11.0. The fourth-order valence-electron chi connectivity index (χ4n) is 3.12. The Morgan fingerprint density at radius 3 is 2.74 bits per heavy atom. The first kappa shape index (κ1) is 16.0. The molecule has 0 spiro atoms. The van der Waals surface area contributed by atoms with Gasteiger partial charge in [-0.1, -0.05) is 30.3 Å². The van der Waals surface area contributed by atoms with Gasteiger partial charge in [0, 0.05) is 6.04 Å². The zero-order chi connectivity index (χ0) is 16.4. The van der Waals surface area contributed by atoms with Crippen LogP contribution in [0.2, 0.25) is 0 Å². The summed E-state index contributed by atoms with van der Waals surface area (Å²) in [5, 5.41) is 0. The number of fused-ring (bicyclic) bond motifs is 1. The Balaban J connectivity index is 1.96. The second kappa shape index (κ2) is 6.34. The van der Waals surface area contributed by atoms with Gasteiger partial charge in [0.1, 0.15) is 10.6 Å². The van der Waals surface area contributed by atoms with E-state index in [1.165, 1.54) is 12.7 Å². The predicted octanol–water partition coefficient (Wildman–Crippen LogP) is 3.36. The number of hydrogen-bond donors (Lipinski definition) is 1. The molecule has 0 saturated carbocycles. The van der Waals surface area contributed by atoms with Crippen molar-refractivity contribution in [2.45, 2.75) is 37.1 Å². The van der Waals surface area contributed by atoms with Gasteiger partial charge in [0.05, 0.1) is 7.11 Å². The van der Waals surface area contributed by atoms with Gasteiger partial charge in [-0.25, -0.2) is 13.1 Å². The second-order valence-electron chi connectivity index (χ2n) is 5.92. The van der Waals surface area contributed by atoms with Crippen molar-refractivity contribution in [1.82, 2.24) is 4.72 Å². The molecule has 1 N–H and O–H groups in total. The molecule has 3 rings (SSSR count). The molecule has 1 aliphatic rings. The highest BCUT2D eigenvalue weighted by Crippen LogP contribution is 2.32. The van der Waals surface area contributed by atoms with E-state index in [0.717, 1.165) is 30.4 Å². The van der Waals surface area contributed by atoms with Crippen LogP contribution in [-0.2, 0) is 16.4 Å². The summed E-state index contributed by atoms with van der Waals surface area (Å²) in [6.07, 6.45) is 2.79. The topological polar surface area (TPSA) is 55.4 Å². The number of rotatable bonds is 4. The summed E-state index contributed by atoms with van der Waals surface area (Å²) in [5.41, 5.74) is 3.19. The number of hydrogen-bond acceptors (Lipinski definition) is 3. The maximum atomic E-state index is 12.9. The van der Waals surface area contributed by atoms with Crippen LogP contribution in [0, 0.1) is 6.92 Å². The van der Waals surface area contributed by atoms with E-state index in [-0.39, 0.29) is 10.9 Å². The van der Waals surface area contributed by atoms with Crippen LogP contribution >= 0.6 is 0 Å². The van der Waals surface area contributed by atoms with Crippen LogP contribution in [0.4, 0.5) is 0 Å². The summed E-state index contributed by atoms with van der Waals surface area (Å²) in [4.78, 5) is 0.197. The van der Waals surface area contributed by atoms with Crippen molar-refractivity contribution in [1.29, 1.82) is 0 Å². The van der Waals surface area contributed by atoms with E-state index in [1.807, 2.05) is 31.2 Å². The average molecular weight is 331 g/mol. The van der Waals surface area contributed by atoms with E-state index in [1.54, 1.807) is 12.1 Å². The van der Waals surface area contributed by atoms with Gasteiger partial charge in [0.25, 0.3) is 0 Å². The molecular weight excluding hydrogens is 310 g/mol. The summed E-state index contributed by atoms with van der Waals surface area (Å²) in [6.45, 7) is 1.87. The van der Waals surface area contributed by atoms with Crippen LogP contribution in [0.15, 0.2) is 47.4 Å². The number of sulfonamides is 1. The monoisotopic (exact) mass is 331 g/mol. The number of aryl methyl sites for hydroxylation is 2. The van der Waals surface area contributed by atoms with Gasteiger partial charge in [-0.05, 0) is 55.0 Å². The first-order valence-corrected chi connectivity index (χ1v) is 9.24. The number of benzene rings is 2. The van der Waals surface area contributed by atoms with Gasteiger partial charge in [-0.2, -0.15) is 0 Å². The molecule has 0 heterocycles. The maximum Gasteiger partial charge on any atom is 0.244 e. The third-order valence-corrected chi connectivity index (χ3v) is 5.77. The molecule has 0 bridgehead atoms. The predicted molar refractivity (Wildman–Crippen MR) is 90.2 cm³/mol. The van der Waals surface area contributed by atoms with E-state index in [0.29, 0.717) is 5.75 Å². The molecule has 0 amide bonds. The molecule has 1 unspecified atom stereocenters. The molecule has 0 aliphatic heterocycles. The van der Waals surface area contributed by atoms with E-state index in [4.69, 9.17) is 4.74 Å². The molecule has 23 heavy (non-hydrogen) atoms. The number of nitrogens with one attached hydrogen (secondary N) is 1. The van der Waals surface area contributed by atoms with Crippen molar-refractivity contribution in [3.8, 4) is 5.75 Å². The molecule has 2 aromatic rings.